The van der Waals surface area contributed by atoms with Gasteiger partial charge in [-0.25, -0.2) is 0 Å². The van der Waals surface area contributed by atoms with Crippen LogP contribution in [-0.2, 0) is 18.7 Å². The number of rotatable bonds is 0. The Labute approximate surface area is 46.5 Å². The molecule has 0 aliphatic carbocycles. The maximum absolute atomic E-state index is 7.23. The Hall–Kier alpha value is 0.893. The number of hydrogen-bond acceptors (Lipinski definition) is 4. The number of hydrogen-bond donors (Lipinski definition) is 4. The van der Waals surface area contributed by atoms with E-state index in [4.69, 9.17) is 18.6 Å². The van der Waals surface area contributed by atoms with Crippen LogP contribution in [0.5, 0.6) is 0 Å². The van der Waals surface area contributed by atoms with Crippen LogP contribution in [0.2, 0.25) is 0 Å². The summed E-state index contributed by atoms with van der Waals surface area (Å²) in [6.07, 6.45) is 0. The molecule has 0 aromatic rings. The zero-order valence-corrected chi connectivity index (χ0v) is 6.80. The molecule has 35 valence electrons. The molecule has 6 heavy (non-hydrogen) atoms. The van der Waals surface area contributed by atoms with Crippen molar-refractivity contribution in [2.75, 3.05) is 0 Å². The average molecular weight is 164 g/mol. The average Bonchev–Trinajstić information content (AvgIpc) is 1.41. The SMILES string of the molecule is OP(O)O.[OH][Zn]. The Balaban J connectivity index is 0. The predicted molar refractivity (Wildman–Crippen MR) is 15.8 cm³/mol. The molecule has 0 radical (unpaired) electrons. The zero-order chi connectivity index (χ0) is 5.58. The van der Waals surface area contributed by atoms with Gasteiger partial charge in [0.15, 0.2) is 0 Å². The second kappa shape index (κ2) is 9.31. The van der Waals surface area contributed by atoms with Crippen molar-refractivity contribution in [2.45, 2.75) is 0 Å². The summed E-state index contributed by atoms with van der Waals surface area (Å²) in [5.74, 6) is 0. The van der Waals surface area contributed by atoms with Gasteiger partial charge in [-0.15, -0.1) is 0 Å². The van der Waals surface area contributed by atoms with E-state index in [2.05, 4.69) is 0 Å². The van der Waals surface area contributed by atoms with Crippen molar-refractivity contribution in [3.8, 4) is 0 Å². The quantitative estimate of drug-likeness (QED) is 0.263. The van der Waals surface area contributed by atoms with Crippen LogP contribution in [0.15, 0.2) is 0 Å². The van der Waals surface area contributed by atoms with Crippen LogP contribution in [0, 0.1) is 0 Å². The maximum atomic E-state index is 7.23. The molecular weight excluding hydrogens is 160 g/mol. The van der Waals surface area contributed by atoms with Crippen molar-refractivity contribution in [1.29, 1.82) is 0 Å². The Morgan fingerprint density at radius 3 is 1.00 bits per heavy atom. The van der Waals surface area contributed by atoms with E-state index in [1.807, 2.05) is 0 Å². The summed E-state index contributed by atoms with van der Waals surface area (Å²) in [5.41, 5.74) is 0. The molecule has 6 heteroatoms. The first kappa shape index (κ1) is 10.00. The van der Waals surface area contributed by atoms with Gasteiger partial charge in [0.25, 0.3) is 0 Å². The second-order valence-electron chi connectivity index (χ2n) is 0.268. The topological polar surface area (TPSA) is 80.9 Å². The zero-order valence-electron chi connectivity index (χ0n) is 2.94. The van der Waals surface area contributed by atoms with Crippen LogP contribution in [0.4, 0.5) is 0 Å². The summed E-state index contributed by atoms with van der Waals surface area (Å²) in [5, 5.41) is 0. The van der Waals surface area contributed by atoms with Crippen molar-refractivity contribution < 1.29 is 37.3 Å². The van der Waals surface area contributed by atoms with E-state index in [9.17, 15) is 0 Å². The van der Waals surface area contributed by atoms with Gasteiger partial charge in [-0.05, 0) is 0 Å². The molecule has 4 nitrogen and oxygen atoms in total. The summed E-state index contributed by atoms with van der Waals surface area (Å²) in [6.45, 7) is 0. The van der Waals surface area contributed by atoms with Gasteiger partial charge in [-0.3, -0.25) is 0 Å². The van der Waals surface area contributed by atoms with Crippen molar-refractivity contribution in [2.24, 2.45) is 0 Å². The summed E-state index contributed by atoms with van der Waals surface area (Å²) in [4.78, 5) is 21.7. The van der Waals surface area contributed by atoms with Crippen LogP contribution < -0.4 is 0 Å². The third kappa shape index (κ3) is 92.9. The van der Waals surface area contributed by atoms with E-state index in [0.717, 1.165) is 0 Å². The Morgan fingerprint density at radius 1 is 1.00 bits per heavy atom. The summed E-state index contributed by atoms with van der Waals surface area (Å²) in [7, 11) is -2.62. The predicted octanol–water partition coefficient (Wildman–Crippen LogP) is -1.37. The monoisotopic (exact) mass is 163 g/mol. The van der Waals surface area contributed by atoms with Crippen molar-refractivity contribution >= 4 is 8.60 Å². The van der Waals surface area contributed by atoms with Gasteiger partial charge in [0, 0.05) is 0 Å². The van der Waals surface area contributed by atoms with Crippen LogP contribution in [-0.4, -0.2) is 18.6 Å². The summed E-state index contributed by atoms with van der Waals surface area (Å²) in [6, 6.07) is 0. The molecule has 0 saturated heterocycles. The third-order valence-electron chi connectivity index (χ3n) is 0. The molecule has 0 unspecified atom stereocenters. The normalized spacial score (nSPS) is 7.17. The fourth-order valence-corrected chi connectivity index (χ4v) is 0. The first-order chi connectivity index (χ1) is 2.73. The van der Waals surface area contributed by atoms with E-state index < -0.39 is 8.60 Å². The van der Waals surface area contributed by atoms with Gasteiger partial charge in [-0.1, -0.05) is 0 Å². The van der Waals surface area contributed by atoms with E-state index in [1.54, 1.807) is 0 Å². The Kier molecular flexibility index (Phi) is 15.5. The minimum absolute atomic E-state index is 0.375. The van der Waals surface area contributed by atoms with Gasteiger partial charge < -0.3 is 14.7 Å². The van der Waals surface area contributed by atoms with Crippen molar-refractivity contribution in [1.82, 2.24) is 0 Å². The van der Waals surface area contributed by atoms with E-state index in [0.29, 0.717) is 18.7 Å². The fraction of sp³-hybridized carbons (Fsp3) is 0. The molecule has 0 aromatic carbocycles. The molecule has 0 aromatic heterocycles. The second-order valence-corrected chi connectivity index (χ2v) is 0.805. The molecular formula is H4O4PZn. The van der Waals surface area contributed by atoms with E-state index in [1.165, 1.54) is 0 Å². The van der Waals surface area contributed by atoms with Gasteiger partial charge in [-0.2, -0.15) is 0 Å². The first-order valence-corrected chi connectivity index (χ1v) is 3.44. The minimum atomic E-state index is -2.62. The van der Waals surface area contributed by atoms with Crippen LogP contribution >= 0.6 is 8.60 Å². The Morgan fingerprint density at radius 2 is 1.00 bits per heavy atom. The van der Waals surface area contributed by atoms with Gasteiger partial charge in [0.1, 0.15) is 0 Å². The molecule has 0 bridgehead atoms. The molecule has 0 fully saturated rings. The van der Waals surface area contributed by atoms with Crippen LogP contribution in [0.3, 0.4) is 0 Å². The molecule has 0 heterocycles. The van der Waals surface area contributed by atoms with Crippen LogP contribution in [0.25, 0.3) is 0 Å². The molecule has 0 spiro atoms. The summed E-state index contributed by atoms with van der Waals surface area (Å²) >= 11 is 0.375. The third-order valence-corrected chi connectivity index (χ3v) is 0. The van der Waals surface area contributed by atoms with E-state index >= 15 is 0 Å². The molecule has 0 saturated carbocycles. The first-order valence-electron chi connectivity index (χ1n) is 0.916. The molecule has 0 aliphatic rings. The van der Waals surface area contributed by atoms with Gasteiger partial charge in [0.05, 0.1) is 0 Å². The Bertz CT molecular complexity index is 12.3. The molecule has 0 rings (SSSR count). The fourth-order valence-electron chi connectivity index (χ4n) is 0. The van der Waals surface area contributed by atoms with E-state index in [-0.39, 0.29) is 0 Å². The molecule has 0 atom stereocenters. The van der Waals surface area contributed by atoms with Crippen molar-refractivity contribution in [3.05, 3.63) is 0 Å². The standard InChI is InChI=1S/H3O3P.H2O.Zn/c1-4(2)3;;/h1-3H;1H2;/q;;+1/p-1. The molecule has 4 N–H and O–H groups in total. The van der Waals surface area contributed by atoms with Crippen molar-refractivity contribution in [3.63, 3.8) is 0 Å². The summed E-state index contributed by atoms with van der Waals surface area (Å²) < 4.78 is 7.12. The molecule has 0 aliphatic heterocycles. The molecule has 0 amide bonds. The van der Waals surface area contributed by atoms with Crippen LogP contribution in [0.1, 0.15) is 0 Å². The van der Waals surface area contributed by atoms with Gasteiger partial charge >= 0.3 is 31.2 Å². The van der Waals surface area contributed by atoms with Gasteiger partial charge in [0.2, 0.25) is 0 Å².